The lowest BCUT2D eigenvalue weighted by Gasteiger charge is -2.60. The van der Waals surface area contributed by atoms with Gasteiger partial charge in [0.05, 0.1) is 5.41 Å². The van der Waals surface area contributed by atoms with Gasteiger partial charge in [0.25, 0.3) is 0 Å². The Hall–Kier alpha value is -1.03. The Morgan fingerprint density at radius 3 is 2.20 bits per heavy atom. The molecular formula is C21H27BrN2O. The fourth-order valence-electron chi connectivity index (χ4n) is 6.54. The summed E-state index contributed by atoms with van der Waals surface area (Å²) in [5.74, 6) is 2.02. The predicted octanol–water partition coefficient (Wildman–Crippen LogP) is 4.07. The normalized spacial score (nSPS) is 39.7. The van der Waals surface area contributed by atoms with E-state index >= 15 is 0 Å². The first-order valence-corrected chi connectivity index (χ1v) is 10.6. The number of carbonyl (C=O) groups is 1. The zero-order valence-corrected chi connectivity index (χ0v) is 16.4. The monoisotopic (exact) mass is 402 g/mol. The maximum Gasteiger partial charge on any atom is 0.228 e. The number of piperazine rings is 1. The average molecular weight is 403 g/mol. The molecule has 4 aliphatic carbocycles. The molecule has 4 heteroatoms. The third-order valence-corrected chi connectivity index (χ3v) is 8.06. The molecule has 1 aromatic rings. The number of alkyl halides is 1. The predicted molar refractivity (Wildman–Crippen MR) is 104 cm³/mol. The fraction of sp³-hybridized carbons (Fsp3) is 0.667. The van der Waals surface area contributed by atoms with E-state index < -0.39 is 0 Å². The summed E-state index contributed by atoms with van der Waals surface area (Å²) in [5.41, 5.74) is 1.23. The Balaban J connectivity index is 1.30. The van der Waals surface area contributed by atoms with E-state index in [2.05, 4.69) is 56.1 Å². The number of carbonyl (C=O) groups excluding carboxylic acids is 1. The standard InChI is InChI=1S/C21H27BrN2O/c22-21-13-16-10-17(14-21)12-20(11-16,15-21)19(25)24-8-6-23(7-9-24)18-4-2-1-3-5-18/h1-5,16-17H,6-15H2. The summed E-state index contributed by atoms with van der Waals surface area (Å²) in [6.07, 6.45) is 7.32. The second-order valence-electron chi connectivity index (χ2n) is 9.01. The van der Waals surface area contributed by atoms with E-state index in [4.69, 9.17) is 0 Å². The summed E-state index contributed by atoms with van der Waals surface area (Å²) < 4.78 is 0.263. The van der Waals surface area contributed by atoms with Gasteiger partial charge in [0.15, 0.2) is 0 Å². The Kier molecular flexibility index (Phi) is 3.71. The molecule has 3 nitrogen and oxygen atoms in total. The van der Waals surface area contributed by atoms with E-state index in [0.29, 0.717) is 5.91 Å². The number of rotatable bonds is 2. The summed E-state index contributed by atoms with van der Waals surface area (Å²) in [5, 5.41) is 0. The Bertz CT molecular complexity index is 654. The molecule has 5 fully saturated rings. The lowest BCUT2D eigenvalue weighted by molar-refractivity contribution is -0.155. The molecule has 4 bridgehead atoms. The first kappa shape index (κ1) is 16.2. The van der Waals surface area contributed by atoms with Crippen LogP contribution in [0.3, 0.4) is 0 Å². The van der Waals surface area contributed by atoms with Crippen molar-refractivity contribution in [1.82, 2.24) is 4.90 Å². The highest BCUT2D eigenvalue weighted by atomic mass is 79.9. The minimum atomic E-state index is -0.0531. The van der Waals surface area contributed by atoms with Gasteiger partial charge >= 0.3 is 0 Å². The van der Waals surface area contributed by atoms with Gasteiger partial charge in [0.1, 0.15) is 0 Å². The first-order valence-electron chi connectivity index (χ1n) is 9.84. The highest BCUT2D eigenvalue weighted by molar-refractivity contribution is 9.10. The van der Waals surface area contributed by atoms with Crippen molar-refractivity contribution in [1.29, 1.82) is 0 Å². The van der Waals surface area contributed by atoms with E-state index in [9.17, 15) is 4.79 Å². The summed E-state index contributed by atoms with van der Waals surface area (Å²) in [4.78, 5) is 18.1. The first-order chi connectivity index (χ1) is 12.1. The third kappa shape index (κ3) is 2.72. The van der Waals surface area contributed by atoms with Gasteiger partial charge < -0.3 is 9.80 Å². The maximum absolute atomic E-state index is 13.5. The van der Waals surface area contributed by atoms with Crippen LogP contribution in [-0.2, 0) is 4.79 Å². The molecule has 1 saturated heterocycles. The van der Waals surface area contributed by atoms with Crippen LogP contribution >= 0.6 is 15.9 Å². The molecule has 1 amide bonds. The van der Waals surface area contributed by atoms with Crippen molar-refractivity contribution >= 4 is 27.5 Å². The lowest BCUT2D eigenvalue weighted by Crippen LogP contribution is -2.61. The molecule has 0 N–H and O–H groups in total. The molecule has 2 atom stereocenters. The molecule has 25 heavy (non-hydrogen) atoms. The number of benzene rings is 1. The third-order valence-electron chi connectivity index (χ3n) is 7.13. The van der Waals surface area contributed by atoms with Gasteiger partial charge in [-0.05, 0) is 62.5 Å². The van der Waals surface area contributed by atoms with Gasteiger partial charge in [-0.15, -0.1) is 0 Å². The summed E-state index contributed by atoms with van der Waals surface area (Å²) in [6, 6.07) is 10.6. The van der Waals surface area contributed by atoms with Crippen LogP contribution in [0.5, 0.6) is 0 Å². The Labute approximate surface area is 158 Å². The number of anilines is 1. The number of para-hydroxylation sites is 1. The van der Waals surface area contributed by atoms with Crippen molar-refractivity contribution in [3.05, 3.63) is 30.3 Å². The van der Waals surface area contributed by atoms with E-state index in [1.54, 1.807) is 0 Å². The fourth-order valence-corrected chi connectivity index (χ4v) is 8.00. The molecule has 134 valence electrons. The average Bonchev–Trinajstić information content (AvgIpc) is 2.60. The number of hydrogen-bond acceptors (Lipinski definition) is 2. The van der Waals surface area contributed by atoms with Crippen LogP contribution in [0.2, 0.25) is 0 Å². The zero-order valence-electron chi connectivity index (χ0n) is 14.8. The number of hydrogen-bond donors (Lipinski definition) is 0. The van der Waals surface area contributed by atoms with Crippen molar-refractivity contribution in [3.8, 4) is 0 Å². The Morgan fingerprint density at radius 1 is 0.960 bits per heavy atom. The van der Waals surface area contributed by atoms with E-state index in [1.807, 2.05) is 0 Å². The van der Waals surface area contributed by atoms with Crippen molar-refractivity contribution < 1.29 is 4.79 Å². The van der Waals surface area contributed by atoms with Crippen molar-refractivity contribution in [3.63, 3.8) is 0 Å². The van der Waals surface area contributed by atoms with Gasteiger partial charge in [-0.2, -0.15) is 0 Å². The van der Waals surface area contributed by atoms with Crippen LogP contribution in [0.25, 0.3) is 0 Å². The van der Waals surface area contributed by atoms with Crippen LogP contribution in [0.1, 0.15) is 38.5 Å². The molecular weight excluding hydrogens is 376 g/mol. The van der Waals surface area contributed by atoms with E-state index in [1.165, 1.54) is 24.9 Å². The van der Waals surface area contributed by atoms with Gasteiger partial charge in [-0.25, -0.2) is 0 Å². The second-order valence-corrected chi connectivity index (χ2v) is 10.7. The SMILES string of the molecule is O=C(N1CCN(c2ccccc2)CC1)C12CC3CC(CC(Br)(C3)C1)C2. The van der Waals surface area contributed by atoms with E-state index in [0.717, 1.165) is 57.3 Å². The van der Waals surface area contributed by atoms with Crippen molar-refractivity contribution in [2.45, 2.75) is 42.8 Å². The molecule has 0 spiro atoms. The molecule has 2 unspecified atom stereocenters. The van der Waals surface area contributed by atoms with Crippen LogP contribution < -0.4 is 4.90 Å². The van der Waals surface area contributed by atoms with Crippen LogP contribution in [-0.4, -0.2) is 41.3 Å². The summed E-state index contributed by atoms with van der Waals surface area (Å²) in [7, 11) is 0. The lowest BCUT2D eigenvalue weighted by atomic mass is 9.49. The molecule has 1 aliphatic heterocycles. The second kappa shape index (κ2) is 5.73. The minimum Gasteiger partial charge on any atom is -0.368 e. The maximum atomic E-state index is 13.5. The van der Waals surface area contributed by atoms with Crippen LogP contribution in [0.15, 0.2) is 30.3 Å². The molecule has 1 heterocycles. The number of amides is 1. The molecule has 6 rings (SSSR count). The Morgan fingerprint density at radius 2 is 1.60 bits per heavy atom. The molecule has 4 saturated carbocycles. The number of halogens is 1. The summed E-state index contributed by atoms with van der Waals surface area (Å²) >= 11 is 4.05. The largest absolute Gasteiger partial charge is 0.368 e. The highest BCUT2D eigenvalue weighted by Gasteiger charge is 2.60. The van der Waals surface area contributed by atoms with Gasteiger partial charge in [-0.3, -0.25) is 4.79 Å². The quantitative estimate of drug-likeness (QED) is 0.696. The van der Waals surface area contributed by atoms with Gasteiger partial charge in [-0.1, -0.05) is 34.1 Å². The zero-order chi connectivity index (χ0) is 17.1. The molecule has 0 aromatic heterocycles. The van der Waals surface area contributed by atoms with Crippen LogP contribution in [0, 0.1) is 17.3 Å². The van der Waals surface area contributed by atoms with E-state index in [-0.39, 0.29) is 9.74 Å². The van der Waals surface area contributed by atoms with Gasteiger partial charge in [0, 0.05) is 36.2 Å². The molecule has 0 radical (unpaired) electrons. The molecule has 5 aliphatic rings. The van der Waals surface area contributed by atoms with Crippen molar-refractivity contribution in [2.75, 3.05) is 31.1 Å². The molecule has 1 aromatic carbocycles. The smallest absolute Gasteiger partial charge is 0.228 e. The van der Waals surface area contributed by atoms with Crippen LogP contribution in [0.4, 0.5) is 5.69 Å². The summed E-state index contributed by atoms with van der Waals surface area (Å²) in [6.45, 7) is 3.66. The minimum absolute atomic E-state index is 0.0531. The van der Waals surface area contributed by atoms with Gasteiger partial charge in [0.2, 0.25) is 5.91 Å². The number of nitrogens with zero attached hydrogens (tertiary/aromatic N) is 2. The topological polar surface area (TPSA) is 23.6 Å². The van der Waals surface area contributed by atoms with Crippen molar-refractivity contribution in [2.24, 2.45) is 17.3 Å². The highest BCUT2D eigenvalue weighted by Crippen LogP contribution is 2.64.